The number of nitrogens with two attached hydrogens (primary N) is 1. The molecule has 1 atom stereocenters. The molecule has 0 saturated heterocycles. The Kier molecular flexibility index (Phi) is 3.86. The summed E-state index contributed by atoms with van der Waals surface area (Å²) in [4.78, 5) is 4.02. The first-order valence-corrected chi connectivity index (χ1v) is 6.05. The summed E-state index contributed by atoms with van der Waals surface area (Å²) in [6, 6.07) is 8.40. The fraction of sp³-hybridized carbons (Fsp3) is 0.154. The SMILES string of the molecule is NC(Cc1cc(F)cc(Br)c1)c1cccnc1. The Bertz CT molecular complexity index is 482. The van der Waals surface area contributed by atoms with E-state index in [-0.39, 0.29) is 11.9 Å². The summed E-state index contributed by atoms with van der Waals surface area (Å²) in [5.74, 6) is -0.257. The van der Waals surface area contributed by atoms with Gasteiger partial charge >= 0.3 is 0 Å². The highest BCUT2D eigenvalue weighted by Gasteiger charge is 2.08. The van der Waals surface area contributed by atoms with Gasteiger partial charge in [-0.05, 0) is 41.8 Å². The largest absolute Gasteiger partial charge is 0.324 e. The van der Waals surface area contributed by atoms with Crippen molar-refractivity contribution in [1.82, 2.24) is 4.98 Å². The summed E-state index contributed by atoms with van der Waals surface area (Å²) in [5, 5.41) is 0. The average molecular weight is 295 g/mol. The van der Waals surface area contributed by atoms with Gasteiger partial charge in [-0.3, -0.25) is 4.98 Å². The lowest BCUT2D eigenvalue weighted by atomic mass is 10.0. The zero-order chi connectivity index (χ0) is 12.3. The van der Waals surface area contributed by atoms with E-state index in [1.165, 1.54) is 12.1 Å². The zero-order valence-electron chi connectivity index (χ0n) is 9.11. The standard InChI is InChI=1S/C13H12BrFN2/c14-11-4-9(5-12(15)7-11)6-13(16)10-2-1-3-17-8-10/h1-5,7-8,13H,6,16H2. The summed E-state index contributed by atoms with van der Waals surface area (Å²) in [7, 11) is 0. The van der Waals surface area contributed by atoms with E-state index in [0.717, 1.165) is 15.6 Å². The van der Waals surface area contributed by atoms with Crippen LogP contribution in [0.25, 0.3) is 0 Å². The Labute approximate surface area is 108 Å². The molecule has 2 nitrogen and oxygen atoms in total. The molecule has 2 rings (SSSR count). The van der Waals surface area contributed by atoms with E-state index < -0.39 is 0 Å². The van der Waals surface area contributed by atoms with E-state index in [9.17, 15) is 4.39 Å². The van der Waals surface area contributed by atoms with Crippen LogP contribution in [0.3, 0.4) is 0 Å². The number of pyridine rings is 1. The molecular weight excluding hydrogens is 283 g/mol. The van der Waals surface area contributed by atoms with Crippen LogP contribution in [0.5, 0.6) is 0 Å². The molecule has 2 N–H and O–H groups in total. The van der Waals surface area contributed by atoms with Gasteiger partial charge in [0, 0.05) is 22.9 Å². The van der Waals surface area contributed by atoms with Crippen molar-refractivity contribution in [3.8, 4) is 0 Å². The van der Waals surface area contributed by atoms with E-state index in [0.29, 0.717) is 6.42 Å². The van der Waals surface area contributed by atoms with Crippen LogP contribution in [0.4, 0.5) is 4.39 Å². The lowest BCUT2D eigenvalue weighted by Crippen LogP contribution is -2.13. The van der Waals surface area contributed by atoms with Crippen LogP contribution in [0, 0.1) is 5.82 Å². The van der Waals surface area contributed by atoms with E-state index in [4.69, 9.17) is 5.73 Å². The second kappa shape index (κ2) is 5.38. The van der Waals surface area contributed by atoms with Crippen molar-refractivity contribution in [2.75, 3.05) is 0 Å². The van der Waals surface area contributed by atoms with Gasteiger partial charge in [-0.2, -0.15) is 0 Å². The molecule has 0 aliphatic rings. The fourth-order valence-corrected chi connectivity index (χ4v) is 2.21. The van der Waals surface area contributed by atoms with Gasteiger partial charge in [-0.1, -0.05) is 22.0 Å². The number of benzene rings is 1. The highest BCUT2D eigenvalue weighted by Crippen LogP contribution is 2.20. The van der Waals surface area contributed by atoms with Crippen LogP contribution in [0.2, 0.25) is 0 Å². The minimum Gasteiger partial charge on any atom is -0.324 e. The molecular formula is C13H12BrFN2. The van der Waals surface area contributed by atoms with E-state index in [1.54, 1.807) is 12.4 Å². The van der Waals surface area contributed by atoms with Crippen LogP contribution in [0.15, 0.2) is 47.2 Å². The molecule has 0 saturated carbocycles. The number of halogens is 2. The van der Waals surface area contributed by atoms with Crippen molar-refractivity contribution in [3.05, 3.63) is 64.1 Å². The molecule has 0 fully saturated rings. The Balaban J connectivity index is 2.16. The van der Waals surface area contributed by atoms with Gasteiger partial charge in [0.2, 0.25) is 0 Å². The first-order valence-electron chi connectivity index (χ1n) is 5.25. The zero-order valence-corrected chi connectivity index (χ0v) is 10.7. The number of nitrogens with zero attached hydrogens (tertiary/aromatic N) is 1. The fourth-order valence-electron chi connectivity index (χ4n) is 1.70. The van der Waals surface area contributed by atoms with E-state index in [2.05, 4.69) is 20.9 Å². The van der Waals surface area contributed by atoms with Crippen molar-refractivity contribution in [1.29, 1.82) is 0 Å². The molecule has 0 bridgehead atoms. The van der Waals surface area contributed by atoms with E-state index >= 15 is 0 Å². The molecule has 2 aromatic rings. The second-order valence-electron chi connectivity index (χ2n) is 3.87. The molecule has 0 radical (unpaired) electrons. The van der Waals surface area contributed by atoms with Crippen molar-refractivity contribution in [3.63, 3.8) is 0 Å². The monoisotopic (exact) mass is 294 g/mol. The molecule has 0 aliphatic heterocycles. The molecule has 0 aliphatic carbocycles. The van der Waals surface area contributed by atoms with Crippen LogP contribution in [-0.2, 0) is 6.42 Å². The number of aromatic nitrogens is 1. The van der Waals surface area contributed by atoms with Gasteiger partial charge in [0.05, 0.1) is 0 Å². The maximum Gasteiger partial charge on any atom is 0.124 e. The lowest BCUT2D eigenvalue weighted by Gasteiger charge is -2.11. The molecule has 88 valence electrons. The van der Waals surface area contributed by atoms with Crippen LogP contribution in [0.1, 0.15) is 17.2 Å². The smallest absolute Gasteiger partial charge is 0.124 e. The third-order valence-electron chi connectivity index (χ3n) is 2.49. The van der Waals surface area contributed by atoms with Crippen molar-refractivity contribution < 1.29 is 4.39 Å². The molecule has 17 heavy (non-hydrogen) atoms. The number of hydrogen-bond donors (Lipinski definition) is 1. The number of hydrogen-bond acceptors (Lipinski definition) is 2. The topological polar surface area (TPSA) is 38.9 Å². The van der Waals surface area contributed by atoms with Gasteiger partial charge in [-0.15, -0.1) is 0 Å². The van der Waals surface area contributed by atoms with Gasteiger partial charge in [-0.25, -0.2) is 4.39 Å². The minimum atomic E-state index is -0.257. The summed E-state index contributed by atoms with van der Waals surface area (Å²) < 4.78 is 13.9. The van der Waals surface area contributed by atoms with Gasteiger partial charge in [0.1, 0.15) is 5.82 Å². The van der Waals surface area contributed by atoms with Crippen LogP contribution in [-0.4, -0.2) is 4.98 Å². The lowest BCUT2D eigenvalue weighted by molar-refractivity contribution is 0.621. The summed E-state index contributed by atoms with van der Waals surface area (Å²) >= 11 is 3.27. The highest BCUT2D eigenvalue weighted by atomic mass is 79.9. The van der Waals surface area contributed by atoms with Crippen LogP contribution < -0.4 is 5.73 Å². The van der Waals surface area contributed by atoms with Crippen molar-refractivity contribution in [2.24, 2.45) is 5.73 Å². The third kappa shape index (κ3) is 3.35. The Hall–Kier alpha value is -1.26. The maximum absolute atomic E-state index is 13.2. The summed E-state index contributed by atoms with van der Waals surface area (Å²) in [6.45, 7) is 0. The summed E-state index contributed by atoms with van der Waals surface area (Å²) in [6.07, 6.45) is 4.02. The van der Waals surface area contributed by atoms with Gasteiger partial charge < -0.3 is 5.73 Å². The van der Waals surface area contributed by atoms with Crippen molar-refractivity contribution >= 4 is 15.9 Å². The quantitative estimate of drug-likeness (QED) is 0.944. The Morgan fingerprint density at radius 2 is 2.18 bits per heavy atom. The minimum absolute atomic E-state index is 0.169. The van der Waals surface area contributed by atoms with E-state index in [1.807, 2.05) is 18.2 Å². The normalized spacial score (nSPS) is 12.4. The number of rotatable bonds is 3. The maximum atomic E-state index is 13.2. The Morgan fingerprint density at radius 1 is 1.35 bits per heavy atom. The third-order valence-corrected chi connectivity index (χ3v) is 2.95. The predicted octanol–water partition coefficient (Wildman–Crippen LogP) is 3.23. The predicted molar refractivity (Wildman–Crippen MR) is 69.0 cm³/mol. The molecule has 1 aromatic carbocycles. The molecule has 1 unspecified atom stereocenters. The van der Waals surface area contributed by atoms with Gasteiger partial charge in [0.15, 0.2) is 0 Å². The first kappa shape index (κ1) is 12.2. The molecule has 4 heteroatoms. The summed E-state index contributed by atoms with van der Waals surface area (Å²) in [5.41, 5.74) is 7.87. The van der Waals surface area contributed by atoms with Gasteiger partial charge in [0.25, 0.3) is 0 Å². The highest BCUT2D eigenvalue weighted by molar-refractivity contribution is 9.10. The molecule has 1 heterocycles. The van der Waals surface area contributed by atoms with Crippen LogP contribution >= 0.6 is 15.9 Å². The second-order valence-corrected chi connectivity index (χ2v) is 4.79. The first-order chi connectivity index (χ1) is 8.15. The molecule has 1 aromatic heterocycles. The average Bonchev–Trinajstić information content (AvgIpc) is 2.28. The Morgan fingerprint density at radius 3 is 2.82 bits per heavy atom. The molecule has 0 amide bonds. The van der Waals surface area contributed by atoms with Crippen molar-refractivity contribution in [2.45, 2.75) is 12.5 Å². The molecule has 0 spiro atoms.